The van der Waals surface area contributed by atoms with Gasteiger partial charge >= 0.3 is 0 Å². The van der Waals surface area contributed by atoms with Crippen molar-refractivity contribution in [3.05, 3.63) is 23.7 Å². The minimum absolute atomic E-state index is 0.0641. The molecule has 1 saturated heterocycles. The van der Waals surface area contributed by atoms with Crippen LogP contribution in [0.4, 0.5) is 0 Å². The predicted molar refractivity (Wildman–Crippen MR) is 70.3 cm³/mol. The topological polar surface area (TPSA) is 42.0 Å². The quantitative estimate of drug-likeness (QED) is 0.700. The molecular weight excluding hydrogens is 244 g/mol. The Hall–Kier alpha value is -1.49. The van der Waals surface area contributed by atoms with Crippen LogP contribution in [0, 0.1) is 0 Å². The summed E-state index contributed by atoms with van der Waals surface area (Å²) >= 11 is 0. The number of piperazine rings is 1. The van der Waals surface area contributed by atoms with E-state index < -0.39 is 6.10 Å². The second kappa shape index (κ2) is 5.25. The van der Waals surface area contributed by atoms with Gasteiger partial charge < -0.3 is 19.3 Å². The summed E-state index contributed by atoms with van der Waals surface area (Å²) in [5, 5.41) is 0. The van der Waals surface area contributed by atoms with Gasteiger partial charge in [0.05, 0.1) is 0 Å². The summed E-state index contributed by atoms with van der Waals surface area (Å²) in [7, 11) is 2.08. The maximum atomic E-state index is 12.4. The van der Waals surface area contributed by atoms with Crippen molar-refractivity contribution in [2.45, 2.75) is 18.9 Å². The Morgan fingerprint density at radius 3 is 2.89 bits per heavy atom. The molecular formula is C14H20N2O3. The first-order valence-electron chi connectivity index (χ1n) is 6.90. The summed E-state index contributed by atoms with van der Waals surface area (Å²) < 4.78 is 11.5. The summed E-state index contributed by atoms with van der Waals surface area (Å²) in [5.41, 5.74) is 0. The fraction of sp³-hybridized carbons (Fsp3) is 0.643. The highest BCUT2D eigenvalue weighted by Gasteiger charge is 2.33. The average molecular weight is 264 g/mol. The fourth-order valence-corrected chi connectivity index (χ4v) is 2.59. The molecule has 0 N–H and O–H groups in total. The summed E-state index contributed by atoms with van der Waals surface area (Å²) in [6.07, 6.45) is 5.34. The number of hydrogen-bond donors (Lipinski definition) is 0. The van der Waals surface area contributed by atoms with Gasteiger partial charge in [0.15, 0.2) is 5.76 Å². The average Bonchev–Trinajstić information content (AvgIpc) is 2.47. The molecule has 1 atom stereocenters. The number of allylic oxidation sites excluding steroid dienone is 3. The van der Waals surface area contributed by atoms with E-state index >= 15 is 0 Å². The number of hydrogen-bond acceptors (Lipinski definition) is 4. The van der Waals surface area contributed by atoms with E-state index in [1.54, 1.807) is 0 Å². The molecule has 1 amide bonds. The molecule has 2 heterocycles. The molecule has 1 unspecified atom stereocenters. The highest BCUT2D eigenvalue weighted by molar-refractivity contribution is 5.81. The SMILES string of the molecule is CN1CCN(C(=O)C2COC3=C(CCC=C3)O2)CC1. The van der Waals surface area contributed by atoms with Gasteiger partial charge in [-0.2, -0.15) is 0 Å². The van der Waals surface area contributed by atoms with Gasteiger partial charge in [-0.3, -0.25) is 4.79 Å². The van der Waals surface area contributed by atoms with Gasteiger partial charge in [-0.15, -0.1) is 0 Å². The van der Waals surface area contributed by atoms with E-state index in [1.165, 1.54) is 0 Å². The molecule has 5 nitrogen and oxygen atoms in total. The molecule has 0 saturated carbocycles. The van der Waals surface area contributed by atoms with Crippen molar-refractivity contribution in [3.63, 3.8) is 0 Å². The van der Waals surface area contributed by atoms with Crippen molar-refractivity contribution < 1.29 is 14.3 Å². The molecule has 0 radical (unpaired) electrons. The normalized spacial score (nSPS) is 27.6. The standard InChI is InChI=1S/C14H20N2O3/c1-15-6-8-16(9-7-15)14(17)13-10-18-11-4-2-3-5-12(11)19-13/h2,4,13H,3,5-10H2,1H3. The van der Waals surface area contributed by atoms with Crippen LogP contribution in [0.1, 0.15) is 12.8 Å². The zero-order chi connectivity index (χ0) is 13.2. The molecule has 0 aromatic carbocycles. The lowest BCUT2D eigenvalue weighted by Crippen LogP contribution is -2.52. The van der Waals surface area contributed by atoms with E-state index in [-0.39, 0.29) is 5.91 Å². The third-order valence-electron chi connectivity index (χ3n) is 3.85. The molecule has 0 aromatic heterocycles. The van der Waals surface area contributed by atoms with Gasteiger partial charge in [-0.05, 0) is 19.5 Å². The van der Waals surface area contributed by atoms with E-state index in [0.29, 0.717) is 6.61 Å². The molecule has 1 aliphatic carbocycles. The van der Waals surface area contributed by atoms with Crippen molar-refractivity contribution in [3.8, 4) is 0 Å². The van der Waals surface area contributed by atoms with Crippen molar-refractivity contribution in [2.24, 2.45) is 0 Å². The Kier molecular flexibility index (Phi) is 3.46. The van der Waals surface area contributed by atoms with Crippen LogP contribution in [0.2, 0.25) is 0 Å². The third kappa shape index (κ3) is 2.61. The first-order chi connectivity index (χ1) is 9.24. The largest absolute Gasteiger partial charge is 0.486 e. The first kappa shape index (κ1) is 12.5. The van der Waals surface area contributed by atoms with E-state index in [9.17, 15) is 4.79 Å². The lowest BCUT2D eigenvalue weighted by molar-refractivity contribution is -0.148. The fourth-order valence-electron chi connectivity index (χ4n) is 2.59. The highest BCUT2D eigenvalue weighted by Crippen LogP contribution is 2.27. The van der Waals surface area contributed by atoms with Crippen molar-refractivity contribution in [1.29, 1.82) is 0 Å². The van der Waals surface area contributed by atoms with Crippen LogP contribution in [0.5, 0.6) is 0 Å². The highest BCUT2D eigenvalue weighted by atomic mass is 16.6. The van der Waals surface area contributed by atoms with Gasteiger partial charge in [0.1, 0.15) is 12.4 Å². The summed E-state index contributed by atoms with van der Waals surface area (Å²) in [6, 6.07) is 0. The molecule has 3 rings (SSSR count). The van der Waals surface area contributed by atoms with E-state index in [2.05, 4.69) is 18.0 Å². The zero-order valence-corrected chi connectivity index (χ0v) is 11.3. The monoisotopic (exact) mass is 264 g/mol. The van der Waals surface area contributed by atoms with Gasteiger partial charge in [-0.25, -0.2) is 0 Å². The maximum Gasteiger partial charge on any atom is 0.267 e. The Morgan fingerprint density at radius 1 is 1.32 bits per heavy atom. The van der Waals surface area contributed by atoms with Gasteiger partial charge in [-0.1, -0.05) is 6.08 Å². The van der Waals surface area contributed by atoms with Crippen LogP contribution in [0.3, 0.4) is 0 Å². The minimum Gasteiger partial charge on any atom is -0.486 e. The number of likely N-dealkylation sites (N-methyl/N-ethyl adjacent to an activating group) is 1. The molecule has 1 fully saturated rings. The summed E-state index contributed by atoms with van der Waals surface area (Å²) in [5.74, 6) is 1.70. The van der Waals surface area contributed by atoms with Crippen LogP contribution in [0.15, 0.2) is 23.7 Å². The number of rotatable bonds is 1. The number of carbonyl (C=O) groups excluding carboxylic acids is 1. The second-order valence-corrected chi connectivity index (χ2v) is 5.27. The van der Waals surface area contributed by atoms with E-state index in [0.717, 1.165) is 50.5 Å². The maximum absolute atomic E-state index is 12.4. The molecule has 0 aromatic rings. The van der Waals surface area contributed by atoms with Gasteiger partial charge in [0, 0.05) is 32.6 Å². The third-order valence-corrected chi connectivity index (χ3v) is 3.85. The second-order valence-electron chi connectivity index (χ2n) is 5.27. The number of nitrogens with zero attached hydrogens (tertiary/aromatic N) is 2. The lowest BCUT2D eigenvalue weighted by Gasteiger charge is -2.36. The lowest BCUT2D eigenvalue weighted by atomic mass is 10.1. The summed E-state index contributed by atoms with van der Waals surface area (Å²) in [4.78, 5) is 16.5. The molecule has 0 bridgehead atoms. The summed E-state index contributed by atoms with van der Waals surface area (Å²) in [6.45, 7) is 3.74. The Balaban J connectivity index is 1.62. The van der Waals surface area contributed by atoms with Crippen LogP contribution >= 0.6 is 0 Å². The van der Waals surface area contributed by atoms with Gasteiger partial charge in [0.2, 0.25) is 6.10 Å². The van der Waals surface area contributed by atoms with E-state index in [1.807, 2.05) is 11.0 Å². The van der Waals surface area contributed by atoms with Crippen LogP contribution < -0.4 is 0 Å². The van der Waals surface area contributed by atoms with Crippen molar-refractivity contribution in [2.75, 3.05) is 39.8 Å². The Bertz CT molecular complexity index is 422. The number of amides is 1. The molecule has 5 heteroatoms. The number of ether oxygens (including phenoxy) is 2. The molecule has 2 aliphatic heterocycles. The molecule has 0 spiro atoms. The van der Waals surface area contributed by atoms with Crippen LogP contribution in [0.25, 0.3) is 0 Å². The van der Waals surface area contributed by atoms with Gasteiger partial charge in [0.25, 0.3) is 5.91 Å². The van der Waals surface area contributed by atoms with Crippen LogP contribution in [-0.2, 0) is 14.3 Å². The van der Waals surface area contributed by atoms with Crippen LogP contribution in [-0.4, -0.2) is 61.6 Å². The smallest absolute Gasteiger partial charge is 0.267 e. The Morgan fingerprint density at radius 2 is 2.11 bits per heavy atom. The predicted octanol–water partition coefficient (Wildman–Crippen LogP) is 0.737. The molecule has 19 heavy (non-hydrogen) atoms. The Labute approximate surface area is 113 Å². The number of carbonyl (C=O) groups is 1. The van der Waals surface area contributed by atoms with Crippen molar-refractivity contribution in [1.82, 2.24) is 9.80 Å². The molecule has 3 aliphatic rings. The first-order valence-corrected chi connectivity index (χ1v) is 6.90. The minimum atomic E-state index is -0.464. The van der Waals surface area contributed by atoms with E-state index in [4.69, 9.17) is 9.47 Å². The molecule has 104 valence electrons. The van der Waals surface area contributed by atoms with Crippen molar-refractivity contribution >= 4 is 5.91 Å². The zero-order valence-electron chi connectivity index (χ0n) is 11.3.